The Kier molecular flexibility index (Phi) is 7.64. The van der Waals surface area contributed by atoms with Crippen molar-refractivity contribution in [3.63, 3.8) is 0 Å². The molecule has 0 bridgehead atoms. The molecule has 0 saturated carbocycles. The molecule has 8 aromatic carbocycles. The van der Waals surface area contributed by atoms with E-state index in [9.17, 15) is 0 Å². The molecular weight excluding hydrogens is 695 g/mol. The van der Waals surface area contributed by atoms with Gasteiger partial charge in [-0.3, -0.25) is 0 Å². The van der Waals surface area contributed by atoms with Crippen molar-refractivity contribution in [2.45, 2.75) is 6.92 Å². The Bertz CT molecular complexity index is 3180. The lowest BCUT2D eigenvalue weighted by atomic mass is 10.0. The summed E-state index contributed by atoms with van der Waals surface area (Å²) in [7, 11) is 0. The van der Waals surface area contributed by atoms with E-state index in [0.29, 0.717) is 17.5 Å². The van der Waals surface area contributed by atoms with Crippen LogP contribution in [0.4, 0.5) is 0 Å². The van der Waals surface area contributed by atoms with Gasteiger partial charge in [0, 0.05) is 49.6 Å². The van der Waals surface area contributed by atoms with Crippen LogP contribution in [-0.4, -0.2) is 24.1 Å². The van der Waals surface area contributed by atoms with E-state index in [1.807, 2.05) is 60.7 Å². The van der Waals surface area contributed by atoms with E-state index in [2.05, 4.69) is 150 Å². The van der Waals surface area contributed by atoms with E-state index in [1.165, 1.54) is 54.9 Å². The Hall–Kier alpha value is -7.63. The standard InChI is InChI=1S/C52H35N5/c1-34-32-39(35-24-26-38(27-25-35)52-54-50(36-14-4-2-5-15-36)53-51(55-52)37-16-6-3-7-17-37)28-30-45(34)57-48-23-13-10-20-43(48)44-33-40(29-31-49(44)57)56-46-21-11-8-18-41(46)42-19-9-12-22-47(42)56/h2-33H,1H3. The van der Waals surface area contributed by atoms with Crippen molar-refractivity contribution in [2.75, 3.05) is 0 Å². The minimum atomic E-state index is 0.647. The second kappa shape index (κ2) is 13.3. The van der Waals surface area contributed by atoms with Crippen molar-refractivity contribution in [1.29, 1.82) is 0 Å². The third kappa shape index (κ3) is 5.51. The van der Waals surface area contributed by atoms with Gasteiger partial charge in [-0.2, -0.15) is 0 Å². The van der Waals surface area contributed by atoms with Gasteiger partial charge < -0.3 is 9.13 Å². The van der Waals surface area contributed by atoms with Crippen LogP contribution < -0.4 is 0 Å². The number of rotatable bonds is 6. The molecule has 0 N–H and O–H groups in total. The third-order valence-electron chi connectivity index (χ3n) is 11.1. The Morgan fingerprint density at radius 2 is 0.737 bits per heavy atom. The van der Waals surface area contributed by atoms with Gasteiger partial charge >= 0.3 is 0 Å². The first-order valence-corrected chi connectivity index (χ1v) is 19.3. The summed E-state index contributed by atoms with van der Waals surface area (Å²) in [5.74, 6) is 1.96. The van der Waals surface area contributed by atoms with Crippen LogP contribution in [0.15, 0.2) is 194 Å². The molecule has 57 heavy (non-hydrogen) atoms. The van der Waals surface area contributed by atoms with E-state index < -0.39 is 0 Å². The molecule has 268 valence electrons. The van der Waals surface area contributed by atoms with Crippen molar-refractivity contribution in [3.8, 4) is 56.7 Å². The summed E-state index contributed by atoms with van der Waals surface area (Å²) in [6.07, 6.45) is 0. The fourth-order valence-corrected chi connectivity index (χ4v) is 8.40. The first-order valence-electron chi connectivity index (χ1n) is 19.3. The van der Waals surface area contributed by atoms with Crippen molar-refractivity contribution < 1.29 is 0 Å². The van der Waals surface area contributed by atoms with Crippen LogP contribution >= 0.6 is 0 Å². The van der Waals surface area contributed by atoms with Crippen LogP contribution in [-0.2, 0) is 0 Å². The average molecular weight is 730 g/mol. The number of hydrogen-bond donors (Lipinski definition) is 0. The van der Waals surface area contributed by atoms with Crippen LogP contribution in [0.5, 0.6) is 0 Å². The summed E-state index contributed by atoms with van der Waals surface area (Å²) in [6.45, 7) is 2.21. The maximum atomic E-state index is 4.93. The number of aryl methyl sites for hydroxylation is 1. The zero-order valence-electron chi connectivity index (χ0n) is 31.2. The highest BCUT2D eigenvalue weighted by Gasteiger charge is 2.18. The number of hydrogen-bond acceptors (Lipinski definition) is 3. The molecule has 0 saturated heterocycles. The van der Waals surface area contributed by atoms with Crippen molar-refractivity contribution in [1.82, 2.24) is 24.1 Å². The monoisotopic (exact) mass is 729 g/mol. The van der Waals surface area contributed by atoms with Gasteiger partial charge in [-0.25, -0.2) is 15.0 Å². The molecule has 0 radical (unpaired) electrons. The van der Waals surface area contributed by atoms with Crippen LogP contribution in [0, 0.1) is 6.92 Å². The molecule has 11 aromatic rings. The normalized spacial score (nSPS) is 11.6. The lowest BCUT2D eigenvalue weighted by molar-refractivity contribution is 1.07. The van der Waals surface area contributed by atoms with E-state index in [1.54, 1.807) is 0 Å². The molecular formula is C52H35N5. The van der Waals surface area contributed by atoms with Crippen molar-refractivity contribution in [2.24, 2.45) is 0 Å². The van der Waals surface area contributed by atoms with Crippen LogP contribution in [0.2, 0.25) is 0 Å². The molecule has 0 amide bonds. The van der Waals surface area contributed by atoms with Crippen molar-refractivity contribution in [3.05, 3.63) is 200 Å². The highest BCUT2D eigenvalue weighted by Crippen LogP contribution is 2.38. The molecule has 3 aromatic heterocycles. The zero-order chi connectivity index (χ0) is 37.9. The Morgan fingerprint density at radius 3 is 1.28 bits per heavy atom. The maximum absolute atomic E-state index is 4.93. The molecule has 0 aliphatic carbocycles. The van der Waals surface area contributed by atoms with Gasteiger partial charge in [-0.1, -0.05) is 146 Å². The van der Waals surface area contributed by atoms with E-state index in [4.69, 9.17) is 15.0 Å². The molecule has 5 heteroatoms. The number of nitrogens with zero attached hydrogens (tertiary/aromatic N) is 5. The average Bonchev–Trinajstić information content (AvgIpc) is 3.79. The summed E-state index contributed by atoms with van der Waals surface area (Å²) < 4.78 is 4.81. The predicted molar refractivity (Wildman–Crippen MR) is 235 cm³/mol. The van der Waals surface area contributed by atoms with Gasteiger partial charge in [0.05, 0.1) is 22.1 Å². The second-order valence-electron chi connectivity index (χ2n) is 14.5. The summed E-state index contributed by atoms with van der Waals surface area (Å²) in [4.78, 5) is 14.7. The fraction of sp³-hybridized carbons (Fsp3) is 0.0192. The predicted octanol–water partition coefficient (Wildman–Crippen LogP) is 13.0. The third-order valence-corrected chi connectivity index (χ3v) is 11.1. The minimum absolute atomic E-state index is 0.647. The number of para-hydroxylation sites is 3. The zero-order valence-corrected chi connectivity index (χ0v) is 31.2. The molecule has 0 aliphatic heterocycles. The lowest BCUT2D eigenvalue weighted by Crippen LogP contribution is -2.00. The van der Waals surface area contributed by atoms with E-state index in [-0.39, 0.29) is 0 Å². The van der Waals surface area contributed by atoms with Gasteiger partial charge in [0.15, 0.2) is 17.5 Å². The number of fused-ring (bicyclic) bond motifs is 6. The molecule has 11 rings (SSSR count). The van der Waals surface area contributed by atoms with Gasteiger partial charge in [-0.15, -0.1) is 0 Å². The molecule has 0 unspecified atom stereocenters. The van der Waals surface area contributed by atoms with Gasteiger partial charge in [0.1, 0.15) is 0 Å². The van der Waals surface area contributed by atoms with E-state index in [0.717, 1.165) is 33.5 Å². The fourth-order valence-electron chi connectivity index (χ4n) is 8.40. The summed E-state index contributed by atoms with van der Waals surface area (Å²) in [5, 5.41) is 4.99. The number of aromatic nitrogens is 5. The molecule has 5 nitrogen and oxygen atoms in total. The van der Waals surface area contributed by atoms with E-state index >= 15 is 0 Å². The molecule has 0 fully saturated rings. The van der Waals surface area contributed by atoms with Crippen molar-refractivity contribution >= 4 is 43.6 Å². The van der Waals surface area contributed by atoms with Gasteiger partial charge in [0.25, 0.3) is 0 Å². The van der Waals surface area contributed by atoms with Crippen LogP contribution in [0.1, 0.15) is 5.56 Å². The lowest BCUT2D eigenvalue weighted by Gasteiger charge is -2.14. The van der Waals surface area contributed by atoms with Crippen LogP contribution in [0.25, 0.3) is 100 Å². The maximum Gasteiger partial charge on any atom is 0.164 e. The SMILES string of the molecule is Cc1cc(-c2ccc(-c3nc(-c4ccccc4)nc(-c4ccccc4)n3)cc2)ccc1-n1c2ccccc2c2cc(-n3c4ccccc4c4ccccc43)ccc21. The van der Waals surface area contributed by atoms with Gasteiger partial charge in [-0.05, 0) is 72.1 Å². The summed E-state index contributed by atoms with van der Waals surface area (Å²) in [5.41, 5.74) is 13.5. The molecule has 0 atom stereocenters. The highest BCUT2D eigenvalue weighted by atomic mass is 15.0. The van der Waals surface area contributed by atoms with Gasteiger partial charge in [0.2, 0.25) is 0 Å². The largest absolute Gasteiger partial charge is 0.309 e. The first kappa shape index (κ1) is 32.8. The second-order valence-corrected chi connectivity index (χ2v) is 14.5. The summed E-state index contributed by atoms with van der Waals surface area (Å²) >= 11 is 0. The number of benzene rings is 8. The quantitative estimate of drug-likeness (QED) is 0.171. The molecule has 0 aliphatic rings. The Morgan fingerprint density at radius 1 is 0.316 bits per heavy atom. The highest BCUT2D eigenvalue weighted by molar-refractivity contribution is 6.12. The molecule has 3 heterocycles. The topological polar surface area (TPSA) is 48.5 Å². The Labute approximate surface area is 329 Å². The first-order chi connectivity index (χ1) is 28.2. The minimum Gasteiger partial charge on any atom is -0.309 e. The molecule has 0 spiro atoms. The Balaban J connectivity index is 0.971. The smallest absolute Gasteiger partial charge is 0.164 e. The van der Waals surface area contributed by atoms with Crippen LogP contribution in [0.3, 0.4) is 0 Å². The summed E-state index contributed by atoms with van der Waals surface area (Å²) in [6, 6.07) is 68.5.